The minimum absolute atomic E-state index is 0.385. The number of rotatable bonds is 6. The zero-order valence-electron chi connectivity index (χ0n) is 7.63. The van der Waals surface area contributed by atoms with Gasteiger partial charge in [0.2, 0.25) is 0 Å². The molecule has 0 saturated carbocycles. The van der Waals surface area contributed by atoms with E-state index in [4.69, 9.17) is 5.11 Å². The van der Waals surface area contributed by atoms with Crippen molar-refractivity contribution in [2.45, 2.75) is 45.2 Å². The topological polar surface area (TPSA) is 32.3 Å². The van der Waals surface area contributed by atoms with E-state index in [1.54, 1.807) is 6.92 Å². The van der Waals surface area contributed by atoms with E-state index in [2.05, 4.69) is 19.2 Å². The number of hydrogen-bond acceptors (Lipinski definition) is 3. The van der Waals surface area contributed by atoms with Crippen molar-refractivity contribution in [1.82, 2.24) is 5.32 Å². The molecule has 11 heavy (non-hydrogen) atoms. The highest BCUT2D eigenvalue weighted by atomic mass is 32.2. The molecule has 0 fully saturated rings. The van der Waals surface area contributed by atoms with E-state index in [-0.39, 0.29) is 6.23 Å². The summed E-state index contributed by atoms with van der Waals surface area (Å²) < 4.78 is 0. The number of aliphatic hydroxyl groups excluding tert-OH is 1. The first-order valence-electron chi connectivity index (χ1n) is 4.26. The second-order valence-electron chi connectivity index (χ2n) is 2.61. The van der Waals surface area contributed by atoms with Crippen LogP contribution in [0.25, 0.3) is 0 Å². The SMILES string of the molecule is CCCSC(CC)NC(C)O. The fourth-order valence-corrected chi connectivity index (χ4v) is 1.86. The zero-order chi connectivity index (χ0) is 8.69. The Labute approximate surface area is 73.8 Å². The molecule has 0 amide bonds. The Balaban J connectivity index is 3.41. The van der Waals surface area contributed by atoms with Gasteiger partial charge in [0.15, 0.2) is 0 Å². The van der Waals surface area contributed by atoms with Crippen molar-refractivity contribution in [1.29, 1.82) is 0 Å². The first-order chi connectivity index (χ1) is 5.20. The summed E-state index contributed by atoms with van der Waals surface area (Å²) in [5.41, 5.74) is 0. The van der Waals surface area contributed by atoms with Crippen molar-refractivity contribution in [3.05, 3.63) is 0 Å². The summed E-state index contributed by atoms with van der Waals surface area (Å²) in [5, 5.41) is 12.5. The predicted octanol–water partition coefficient (Wildman–Crippen LogP) is 1.79. The molecule has 0 radical (unpaired) electrons. The summed E-state index contributed by atoms with van der Waals surface area (Å²) in [5.74, 6) is 1.16. The lowest BCUT2D eigenvalue weighted by molar-refractivity contribution is 0.152. The van der Waals surface area contributed by atoms with E-state index in [0.717, 1.165) is 12.2 Å². The van der Waals surface area contributed by atoms with Gasteiger partial charge in [0.25, 0.3) is 0 Å². The number of aliphatic hydroxyl groups is 1. The fourth-order valence-electron chi connectivity index (χ4n) is 0.813. The van der Waals surface area contributed by atoms with Crippen LogP contribution in [0.15, 0.2) is 0 Å². The Bertz CT molecular complexity index is 88.2. The van der Waals surface area contributed by atoms with E-state index in [0.29, 0.717) is 5.37 Å². The van der Waals surface area contributed by atoms with E-state index < -0.39 is 0 Å². The first-order valence-corrected chi connectivity index (χ1v) is 5.31. The molecule has 0 aromatic rings. The van der Waals surface area contributed by atoms with Crippen LogP contribution in [-0.4, -0.2) is 22.5 Å². The third kappa shape index (κ3) is 6.66. The van der Waals surface area contributed by atoms with Crippen LogP contribution in [0.1, 0.15) is 33.6 Å². The minimum Gasteiger partial charge on any atom is -0.379 e. The maximum atomic E-state index is 9.03. The molecule has 2 unspecified atom stereocenters. The fraction of sp³-hybridized carbons (Fsp3) is 1.00. The molecule has 3 heteroatoms. The standard InChI is InChI=1S/C8H19NOS/c1-4-6-11-8(5-2)9-7(3)10/h7-10H,4-6H2,1-3H3. The van der Waals surface area contributed by atoms with Crippen LogP contribution in [-0.2, 0) is 0 Å². The van der Waals surface area contributed by atoms with E-state index in [1.165, 1.54) is 6.42 Å². The molecule has 0 rings (SSSR count). The normalized spacial score (nSPS) is 16.4. The Kier molecular flexibility index (Phi) is 7.12. The number of hydrogen-bond donors (Lipinski definition) is 2. The molecule has 0 saturated heterocycles. The third-order valence-corrected chi connectivity index (χ3v) is 2.84. The third-order valence-electron chi connectivity index (χ3n) is 1.32. The van der Waals surface area contributed by atoms with Gasteiger partial charge in [0, 0.05) is 0 Å². The molecule has 0 aliphatic heterocycles. The largest absolute Gasteiger partial charge is 0.379 e. The monoisotopic (exact) mass is 177 g/mol. The van der Waals surface area contributed by atoms with Crippen LogP contribution in [0.5, 0.6) is 0 Å². The summed E-state index contributed by atoms with van der Waals surface area (Å²) in [4.78, 5) is 0. The van der Waals surface area contributed by atoms with Gasteiger partial charge in [0.1, 0.15) is 6.23 Å². The average molecular weight is 177 g/mol. The van der Waals surface area contributed by atoms with Gasteiger partial charge in [-0.1, -0.05) is 13.8 Å². The summed E-state index contributed by atoms with van der Waals surface area (Å²) in [7, 11) is 0. The van der Waals surface area contributed by atoms with Crippen LogP contribution in [0, 0.1) is 0 Å². The van der Waals surface area contributed by atoms with Crippen LogP contribution in [0.2, 0.25) is 0 Å². The first kappa shape index (κ1) is 11.3. The van der Waals surface area contributed by atoms with Gasteiger partial charge < -0.3 is 5.11 Å². The lowest BCUT2D eigenvalue weighted by atomic mass is 10.4. The van der Waals surface area contributed by atoms with Gasteiger partial charge in [0.05, 0.1) is 5.37 Å². The van der Waals surface area contributed by atoms with Gasteiger partial charge in [-0.25, -0.2) is 0 Å². The van der Waals surface area contributed by atoms with Gasteiger partial charge in [-0.3, -0.25) is 5.32 Å². The molecular formula is C8H19NOS. The lowest BCUT2D eigenvalue weighted by Gasteiger charge is -2.17. The molecule has 0 aliphatic carbocycles. The Hall–Kier alpha value is 0.270. The molecule has 2 atom stereocenters. The van der Waals surface area contributed by atoms with Crippen molar-refractivity contribution in [2.24, 2.45) is 0 Å². The molecule has 0 aromatic heterocycles. The van der Waals surface area contributed by atoms with E-state index in [9.17, 15) is 0 Å². The molecule has 68 valence electrons. The predicted molar refractivity (Wildman–Crippen MR) is 51.6 cm³/mol. The number of thioether (sulfide) groups is 1. The highest BCUT2D eigenvalue weighted by Crippen LogP contribution is 2.12. The number of nitrogens with one attached hydrogen (secondary N) is 1. The second kappa shape index (κ2) is 6.95. The van der Waals surface area contributed by atoms with Gasteiger partial charge in [-0.2, -0.15) is 0 Å². The average Bonchev–Trinajstić information content (AvgIpc) is 1.97. The van der Waals surface area contributed by atoms with Gasteiger partial charge >= 0.3 is 0 Å². The summed E-state index contributed by atoms with van der Waals surface area (Å²) in [6.45, 7) is 6.06. The highest BCUT2D eigenvalue weighted by molar-refractivity contribution is 7.99. The van der Waals surface area contributed by atoms with Crippen molar-refractivity contribution in [3.8, 4) is 0 Å². The Morgan fingerprint density at radius 1 is 1.45 bits per heavy atom. The molecule has 0 spiro atoms. The summed E-state index contributed by atoms with van der Waals surface area (Å²) >= 11 is 1.88. The molecular weight excluding hydrogens is 158 g/mol. The summed E-state index contributed by atoms with van der Waals surface area (Å²) in [6.07, 6.45) is 1.88. The second-order valence-corrected chi connectivity index (χ2v) is 3.92. The van der Waals surface area contributed by atoms with Crippen molar-refractivity contribution in [3.63, 3.8) is 0 Å². The van der Waals surface area contributed by atoms with Crippen molar-refractivity contribution >= 4 is 11.8 Å². The quantitative estimate of drug-likeness (QED) is 0.607. The van der Waals surface area contributed by atoms with E-state index >= 15 is 0 Å². The molecule has 0 aromatic carbocycles. The molecule has 0 aliphatic rings. The molecule has 0 heterocycles. The maximum absolute atomic E-state index is 9.03. The Morgan fingerprint density at radius 2 is 2.09 bits per heavy atom. The van der Waals surface area contributed by atoms with Crippen LogP contribution >= 0.6 is 11.8 Å². The van der Waals surface area contributed by atoms with Gasteiger partial charge in [-0.15, -0.1) is 11.8 Å². The molecule has 2 N–H and O–H groups in total. The van der Waals surface area contributed by atoms with Gasteiger partial charge in [-0.05, 0) is 25.5 Å². The maximum Gasteiger partial charge on any atom is 0.102 e. The van der Waals surface area contributed by atoms with Crippen LogP contribution in [0.3, 0.4) is 0 Å². The van der Waals surface area contributed by atoms with Crippen LogP contribution < -0.4 is 5.32 Å². The lowest BCUT2D eigenvalue weighted by Crippen LogP contribution is -2.33. The zero-order valence-corrected chi connectivity index (χ0v) is 8.45. The smallest absolute Gasteiger partial charge is 0.102 e. The van der Waals surface area contributed by atoms with Crippen molar-refractivity contribution in [2.75, 3.05) is 5.75 Å². The molecule has 2 nitrogen and oxygen atoms in total. The Morgan fingerprint density at radius 3 is 2.45 bits per heavy atom. The van der Waals surface area contributed by atoms with E-state index in [1.807, 2.05) is 11.8 Å². The highest BCUT2D eigenvalue weighted by Gasteiger charge is 2.06. The molecule has 0 bridgehead atoms. The minimum atomic E-state index is -0.385. The summed E-state index contributed by atoms with van der Waals surface area (Å²) in [6, 6.07) is 0. The van der Waals surface area contributed by atoms with Crippen molar-refractivity contribution < 1.29 is 5.11 Å². The van der Waals surface area contributed by atoms with Crippen LogP contribution in [0.4, 0.5) is 0 Å².